The Morgan fingerprint density at radius 2 is 1.93 bits per heavy atom. The molecular formula is C12H10F2S. The zero-order valence-electron chi connectivity index (χ0n) is 8.21. The molecule has 0 aliphatic heterocycles. The normalized spacial score (nSPS) is 11.2. The Hall–Kier alpha value is -1.09. The maximum Gasteiger partial charge on any atom is 0.264 e. The van der Waals surface area contributed by atoms with Crippen LogP contribution >= 0.6 is 11.8 Å². The molecule has 2 rings (SSSR count). The first-order valence-corrected chi connectivity index (χ1v) is 5.79. The van der Waals surface area contributed by atoms with Gasteiger partial charge in [-0.15, -0.1) is 11.8 Å². The van der Waals surface area contributed by atoms with E-state index in [2.05, 4.69) is 0 Å². The highest BCUT2D eigenvalue weighted by Gasteiger charge is 2.10. The van der Waals surface area contributed by atoms with Crippen LogP contribution in [-0.2, 0) is 0 Å². The Kier molecular flexibility index (Phi) is 2.91. The van der Waals surface area contributed by atoms with Crippen LogP contribution in [0.25, 0.3) is 10.8 Å². The van der Waals surface area contributed by atoms with Crippen LogP contribution < -0.4 is 0 Å². The number of benzene rings is 2. The number of rotatable bonds is 2. The van der Waals surface area contributed by atoms with Crippen molar-refractivity contribution in [2.75, 3.05) is 6.26 Å². The van der Waals surface area contributed by atoms with E-state index in [4.69, 9.17) is 0 Å². The van der Waals surface area contributed by atoms with Gasteiger partial charge in [-0.3, -0.25) is 0 Å². The molecule has 0 bridgehead atoms. The highest BCUT2D eigenvalue weighted by molar-refractivity contribution is 7.98. The predicted molar refractivity (Wildman–Crippen MR) is 60.7 cm³/mol. The molecule has 0 fully saturated rings. The van der Waals surface area contributed by atoms with Crippen LogP contribution in [0, 0.1) is 0 Å². The first kappa shape index (κ1) is 10.4. The molecule has 0 aromatic heterocycles. The van der Waals surface area contributed by atoms with Crippen molar-refractivity contribution in [3.63, 3.8) is 0 Å². The largest absolute Gasteiger partial charge is 0.264 e. The fraction of sp³-hybridized carbons (Fsp3) is 0.167. The van der Waals surface area contributed by atoms with Gasteiger partial charge in [0.05, 0.1) is 0 Å². The van der Waals surface area contributed by atoms with E-state index in [0.717, 1.165) is 10.3 Å². The SMILES string of the molecule is CSc1ccc2c(C(F)F)cccc2c1. The summed E-state index contributed by atoms with van der Waals surface area (Å²) in [5, 5.41) is 1.52. The molecule has 0 radical (unpaired) electrons. The molecule has 15 heavy (non-hydrogen) atoms. The highest BCUT2D eigenvalue weighted by atomic mass is 32.2. The minimum atomic E-state index is -2.41. The van der Waals surface area contributed by atoms with Crippen molar-refractivity contribution >= 4 is 22.5 Å². The van der Waals surface area contributed by atoms with Gasteiger partial charge in [0.15, 0.2) is 0 Å². The summed E-state index contributed by atoms with van der Waals surface area (Å²) in [5.41, 5.74) is 0.111. The lowest BCUT2D eigenvalue weighted by Gasteiger charge is -2.06. The number of hydrogen-bond donors (Lipinski definition) is 0. The standard InChI is InChI=1S/C12H10F2S/c1-15-9-5-6-10-8(7-9)3-2-4-11(10)12(13)14/h2-7,12H,1H3. The molecule has 0 spiro atoms. The molecule has 0 nitrogen and oxygen atoms in total. The van der Waals surface area contributed by atoms with Gasteiger partial charge in [-0.05, 0) is 29.2 Å². The van der Waals surface area contributed by atoms with Crippen molar-refractivity contribution in [1.82, 2.24) is 0 Å². The number of hydrogen-bond acceptors (Lipinski definition) is 1. The smallest absolute Gasteiger partial charge is 0.205 e. The molecule has 0 saturated heterocycles. The molecule has 2 aromatic rings. The Bertz CT molecular complexity index is 480. The summed E-state index contributed by atoms with van der Waals surface area (Å²) in [6.45, 7) is 0. The van der Waals surface area contributed by atoms with E-state index in [1.807, 2.05) is 24.5 Å². The molecule has 0 heterocycles. The molecule has 0 aliphatic carbocycles. The van der Waals surface area contributed by atoms with Crippen molar-refractivity contribution in [3.05, 3.63) is 42.0 Å². The summed E-state index contributed by atoms with van der Waals surface area (Å²) in [6.07, 6.45) is -0.438. The second kappa shape index (κ2) is 4.19. The summed E-state index contributed by atoms with van der Waals surface area (Å²) >= 11 is 1.61. The van der Waals surface area contributed by atoms with Gasteiger partial charge >= 0.3 is 0 Å². The topological polar surface area (TPSA) is 0 Å². The second-order valence-electron chi connectivity index (χ2n) is 3.24. The summed E-state index contributed by atoms with van der Waals surface area (Å²) < 4.78 is 25.3. The van der Waals surface area contributed by atoms with Gasteiger partial charge < -0.3 is 0 Å². The van der Waals surface area contributed by atoms with Crippen LogP contribution in [0.5, 0.6) is 0 Å². The van der Waals surface area contributed by atoms with Crippen molar-refractivity contribution in [2.24, 2.45) is 0 Å². The van der Waals surface area contributed by atoms with Gasteiger partial charge in [0, 0.05) is 10.5 Å². The first-order chi connectivity index (χ1) is 7.22. The molecular weight excluding hydrogens is 214 g/mol. The lowest BCUT2D eigenvalue weighted by atomic mass is 10.1. The monoisotopic (exact) mass is 224 g/mol. The summed E-state index contributed by atoms with van der Waals surface area (Å²) in [5.74, 6) is 0. The maximum atomic E-state index is 12.7. The molecule has 0 saturated carbocycles. The molecule has 0 N–H and O–H groups in total. The van der Waals surface area contributed by atoms with E-state index in [-0.39, 0.29) is 5.56 Å². The number of alkyl halides is 2. The Morgan fingerprint density at radius 3 is 2.60 bits per heavy atom. The van der Waals surface area contributed by atoms with Crippen LogP contribution in [0.2, 0.25) is 0 Å². The molecule has 0 atom stereocenters. The van der Waals surface area contributed by atoms with Crippen molar-refractivity contribution in [1.29, 1.82) is 0 Å². The van der Waals surface area contributed by atoms with E-state index in [1.54, 1.807) is 23.9 Å². The lowest BCUT2D eigenvalue weighted by molar-refractivity contribution is 0.153. The molecule has 0 aliphatic rings. The Balaban J connectivity index is 2.67. The average Bonchev–Trinajstić information content (AvgIpc) is 2.27. The van der Waals surface area contributed by atoms with Gasteiger partial charge in [0.1, 0.15) is 0 Å². The van der Waals surface area contributed by atoms with Crippen LogP contribution in [0.4, 0.5) is 8.78 Å². The van der Waals surface area contributed by atoms with Gasteiger partial charge in [-0.2, -0.15) is 0 Å². The van der Waals surface area contributed by atoms with E-state index in [9.17, 15) is 8.78 Å². The third kappa shape index (κ3) is 1.97. The zero-order valence-corrected chi connectivity index (χ0v) is 9.02. The molecule has 0 unspecified atom stereocenters. The van der Waals surface area contributed by atoms with Crippen molar-refractivity contribution < 1.29 is 8.78 Å². The number of fused-ring (bicyclic) bond motifs is 1. The average molecular weight is 224 g/mol. The van der Waals surface area contributed by atoms with Crippen molar-refractivity contribution in [3.8, 4) is 0 Å². The van der Waals surface area contributed by atoms with Crippen molar-refractivity contribution in [2.45, 2.75) is 11.3 Å². The first-order valence-electron chi connectivity index (χ1n) is 4.57. The van der Waals surface area contributed by atoms with Gasteiger partial charge in [0.25, 0.3) is 6.43 Å². The minimum absolute atomic E-state index is 0.111. The molecule has 0 amide bonds. The molecule has 3 heteroatoms. The van der Waals surface area contributed by atoms with E-state index < -0.39 is 6.43 Å². The summed E-state index contributed by atoms with van der Waals surface area (Å²) in [7, 11) is 0. The Labute approximate surface area is 91.3 Å². The molecule has 2 aromatic carbocycles. The van der Waals surface area contributed by atoms with E-state index in [0.29, 0.717) is 5.39 Å². The maximum absolute atomic E-state index is 12.7. The third-order valence-corrected chi connectivity index (χ3v) is 3.08. The van der Waals surface area contributed by atoms with Crippen LogP contribution in [-0.4, -0.2) is 6.26 Å². The Morgan fingerprint density at radius 1 is 1.13 bits per heavy atom. The number of thioether (sulfide) groups is 1. The number of halogens is 2. The van der Waals surface area contributed by atoms with Crippen LogP contribution in [0.1, 0.15) is 12.0 Å². The predicted octanol–water partition coefficient (Wildman–Crippen LogP) is 4.50. The lowest BCUT2D eigenvalue weighted by Crippen LogP contribution is -1.86. The van der Waals surface area contributed by atoms with E-state index >= 15 is 0 Å². The van der Waals surface area contributed by atoms with Gasteiger partial charge in [-0.25, -0.2) is 8.78 Å². The quantitative estimate of drug-likeness (QED) is 0.677. The zero-order chi connectivity index (χ0) is 10.8. The second-order valence-corrected chi connectivity index (χ2v) is 4.11. The summed E-state index contributed by atoms with van der Waals surface area (Å²) in [4.78, 5) is 1.09. The summed E-state index contributed by atoms with van der Waals surface area (Å²) in [6, 6.07) is 10.6. The van der Waals surface area contributed by atoms with Gasteiger partial charge in [-0.1, -0.05) is 24.3 Å². The van der Waals surface area contributed by atoms with Gasteiger partial charge in [0.2, 0.25) is 0 Å². The fourth-order valence-electron chi connectivity index (χ4n) is 1.60. The molecule has 78 valence electrons. The fourth-order valence-corrected chi connectivity index (χ4v) is 2.05. The van der Waals surface area contributed by atoms with E-state index in [1.165, 1.54) is 6.07 Å². The third-order valence-electron chi connectivity index (χ3n) is 2.36. The minimum Gasteiger partial charge on any atom is -0.205 e. The van der Waals surface area contributed by atoms with Crippen LogP contribution in [0.3, 0.4) is 0 Å². The van der Waals surface area contributed by atoms with Crippen LogP contribution in [0.15, 0.2) is 41.3 Å². The highest BCUT2D eigenvalue weighted by Crippen LogP contribution is 2.29.